The molecule has 0 N–H and O–H groups in total. The van der Waals surface area contributed by atoms with Crippen LogP contribution in [-0.2, 0) is 19.1 Å². The normalized spacial score (nSPS) is 16.9. The minimum atomic E-state index is -0.527. The van der Waals surface area contributed by atoms with Crippen LogP contribution in [0, 0.1) is 13.8 Å². The average molecular weight is 503 g/mol. The Morgan fingerprint density at radius 3 is 2.43 bits per heavy atom. The molecule has 0 atom stereocenters. The van der Waals surface area contributed by atoms with Gasteiger partial charge in [0.05, 0.1) is 36.6 Å². The summed E-state index contributed by atoms with van der Waals surface area (Å²) in [6.45, 7) is 6.19. The number of amides is 1. The summed E-state index contributed by atoms with van der Waals surface area (Å²) in [5, 5.41) is 0. The van der Waals surface area contributed by atoms with Gasteiger partial charge in [-0.15, -0.1) is 0 Å². The van der Waals surface area contributed by atoms with Crippen molar-refractivity contribution in [1.29, 1.82) is 0 Å². The van der Waals surface area contributed by atoms with Crippen molar-refractivity contribution in [3.8, 4) is 5.69 Å². The Kier molecular flexibility index (Phi) is 7.81. The first-order valence-corrected chi connectivity index (χ1v) is 12.7. The minimum absolute atomic E-state index is 0.200. The number of para-hydroxylation sites is 1. The first kappa shape index (κ1) is 26.2. The molecular weight excluding hydrogens is 468 g/mol. The molecule has 1 aromatic heterocycles. The van der Waals surface area contributed by atoms with Crippen LogP contribution in [0.5, 0.6) is 0 Å². The Morgan fingerprint density at radius 1 is 1.03 bits per heavy atom. The minimum Gasteiger partial charge on any atom is -0.465 e. The van der Waals surface area contributed by atoms with Crippen LogP contribution < -0.4 is 0 Å². The quantitative estimate of drug-likeness (QED) is 0.286. The van der Waals surface area contributed by atoms with E-state index in [2.05, 4.69) is 6.08 Å². The lowest BCUT2D eigenvalue weighted by Gasteiger charge is -2.20. The summed E-state index contributed by atoms with van der Waals surface area (Å²) >= 11 is 0. The SMILES string of the molecule is COC(=O)C1=C(C)N(CCC2=CCCCC2)C(=O)/C1=C\c1cc(C)n(-c2ccccc2C(=O)OC)c1C. The van der Waals surface area contributed by atoms with Gasteiger partial charge in [0.1, 0.15) is 0 Å². The van der Waals surface area contributed by atoms with E-state index in [4.69, 9.17) is 9.47 Å². The molecule has 2 aromatic rings. The number of aromatic nitrogens is 1. The number of ether oxygens (including phenoxy) is 2. The molecule has 1 aromatic carbocycles. The smallest absolute Gasteiger partial charge is 0.340 e. The van der Waals surface area contributed by atoms with Crippen molar-refractivity contribution in [1.82, 2.24) is 9.47 Å². The van der Waals surface area contributed by atoms with Gasteiger partial charge in [-0.25, -0.2) is 9.59 Å². The predicted molar refractivity (Wildman–Crippen MR) is 142 cm³/mol. The summed E-state index contributed by atoms with van der Waals surface area (Å²) in [6, 6.07) is 9.18. The molecule has 4 rings (SSSR count). The number of allylic oxidation sites excluding steroid dienone is 2. The van der Waals surface area contributed by atoms with Crippen LogP contribution in [0.25, 0.3) is 11.8 Å². The molecule has 2 aliphatic rings. The third kappa shape index (κ3) is 5.03. The van der Waals surface area contributed by atoms with E-state index in [0.29, 0.717) is 34.6 Å². The fraction of sp³-hybridized carbons (Fsp3) is 0.367. The summed E-state index contributed by atoms with van der Waals surface area (Å²) in [4.78, 5) is 40.5. The van der Waals surface area contributed by atoms with Gasteiger partial charge in [0.2, 0.25) is 0 Å². The third-order valence-electron chi connectivity index (χ3n) is 7.26. The van der Waals surface area contributed by atoms with Crippen molar-refractivity contribution in [2.75, 3.05) is 20.8 Å². The number of benzene rings is 1. The Balaban J connectivity index is 1.74. The van der Waals surface area contributed by atoms with E-state index in [-0.39, 0.29) is 5.91 Å². The van der Waals surface area contributed by atoms with Crippen LogP contribution in [0.15, 0.2) is 58.8 Å². The molecule has 7 heteroatoms. The summed E-state index contributed by atoms with van der Waals surface area (Å²) in [5.41, 5.74) is 6.24. The number of carbonyl (C=O) groups is 3. The number of hydrogen-bond acceptors (Lipinski definition) is 5. The van der Waals surface area contributed by atoms with Gasteiger partial charge in [-0.2, -0.15) is 0 Å². The molecule has 0 saturated heterocycles. The maximum Gasteiger partial charge on any atom is 0.340 e. The number of methoxy groups -OCH3 is 2. The standard InChI is InChI=1S/C30H34N2O5/c1-19-17-23(20(2)32(19)26-14-10-9-13-24(26)29(34)36-4)18-25-27(30(35)37-5)21(3)31(28(25)33)16-15-22-11-7-6-8-12-22/h9-11,13-14,17-18H,6-8,12,15-16H2,1-5H3/b25-18-. The van der Waals surface area contributed by atoms with E-state index < -0.39 is 11.9 Å². The van der Waals surface area contributed by atoms with Gasteiger partial charge < -0.3 is 18.9 Å². The number of aryl methyl sites for hydroxylation is 1. The highest BCUT2D eigenvalue weighted by Gasteiger charge is 2.37. The second-order valence-corrected chi connectivity index (χ2v) is 9.50. The van der Waals surface area contributed by atoms with Crippen LogP contribution in [0.4, 0.5) is 0 Å². The zero-order valence-corrected chi connectivity index (χ0v) is 22.2. The molecule has 37 heavy (non-hydrogen) atoms. The summed E-state index contributed by atoms with van der Waals surface area (Å²) in [7, 11) is 2.69. The molecule has 1 amide bonds. The molecular formula is C30H34N2O5. The lowest BCUT2D eigenvalue weighted by atomic mass is 9.97. The van der Waals surface area contributed by atoms with Gasteiger partial charge >= 0.3 is 11.9 Å². The van der Waals surface area contributed by atoms with Gasteiger partial charge in [0.25, 0.3) is 5.91 Å². The maximum absolute atomic E-state index is 13.6. The molecule has 0 radical (unpaired) electrons. The van der Waals surface area contributed by atoms with E-state index in [1.165, 1.54) is 32.6 Å². The fourth-order valence-electron chi connectivity index (χ4n) is 5.30. The number of rotatable bonds is 7. The number of carbonyl (C=O) groups excluding carboxylic acids is 3. The van der Waals surface area contributed by atoms with Crippen LogP contribution in [0.2, 0.25) is 0 Å². The molecule has 1 aliphatic heterocycles. The summed E-state index contributed by atoms with van der Waals surface area (Å²) in [5.74, 6) is -1.15. The van der Waals surface area contributed by atoms with Gasteiger partial charge in [-0.3, -0.25) is 4.79 Å². The zero-order chi connectivity index (χ0) is 26.7. The number of esters is 2. The molecule has 1 aliphatic carbocycles. The predicted octanol–water partition coefficient (Wildman–Crippen LogP) is 5.44. The molecule has 2 heterocycles. The first-order valence-electron chi connectivity index (χ1n) is 12.7. The third-order valence-corrected chi connectivity index (χ3v) is 7.26. The molecule has 0 fully saturated rings. The average Bonchev–Trinajstić information content (AvgIpc) is 3.32. The number of nitrogens with zero attached hydrogens (tertiary/aromatic N) is 2. The first-order chi connectivity index (χ1) is 17.8. The van der Waals surface area contributed by atoms with Crippen molar-refractivity contribution in [2.45, 2.75) is 52.9 Å². The molecule has 7 nitrogen and oxygen atoms in total. The molecule has 194 valence electrons. The molecule has 0 saturated carbocycles. The highest BCUT2D eigenvalue weighted by atomic mass is 16.5. The van der Waals surface area contributed by atoms with Crippen LogP contribution in [0.3, 0.4) is 0 Å². The number of hydrogen-bond donors (Lipinski definition) is 0. The van der Waals surface area contributed by atoms with Gasteiger partial charge in [-0.1, -0.05) is 23.8 Å². The lowest BCUT2D eigenvalue weighted by Crippen LogP contribution is -2.26. The fourth-order valence-corrected chi connectivity index (χ4v) is 5.30. The Morgan fingerprint density at radius 2 is 1.76 bits per heavy atom. The van der Waals surface area contributed by atoms with Gasteiger partial charge in [0.15, 0.2) is 0 Å². The Labute approximate surface area is 218 Å². The van der Waals surface area contributed by atoms with Crippen LogP contribution >= 0.6 is 0 Å². The zero-order valence-electron chi connectivity index (χ0n) is 22.2. The Hall–Kier alpha value is -3.87. The Bertz CT molecular complexity index is 1340. The van der Waals surface area contributed by atoms with Crippen molar-refractivity contribution in [2.24, 2.45) is 0 Å². The highest BCUT2D eigenvalue weighted by Crippen LogP contribution is 2.34. The van der Waals surface area contributed by atoms with Gasteiger partial charge in [-0.05, 0) is 82.7 Å². The molecule has 0 unspecified atom stereocenters. The van der Waals surface area contributed by atoms with Crippen LogP contribution in [-0.4, -0.2) is 48.1 Å². The topological polar surface area (TPSA) is 77.8 Å². The second-order valence-electron chi connectivity index (χ2n) is 9.50. The molecule has 0 spiro atoms. The van der Waals surface area contributed by atoms with Crippen molar-refractivity contribution in [3.05, 3.63) is 81.3 Å². The second kappa shape index (κ2) is 11.0. The van der Waals surface area contributed by atoms with Crippen molar-refractivity contribution < 1.29 is 23.9 Å². The monoisotopic (exact) mass is 502 g/mol. The van der Waals surface area contributed by atoms with E-state index in [1.54, 1.807) is 30.0 Å². The van der Waals surface area contributed by atoms with E-state index >= 15 is 0 Å². The van der Waals surface area contributed by atoms with Crippen molar-refractivity contribution >= 4 is 23.9 Å². The van der Waals surface area contributed by atoms with E-state index in [1.807, 2.05) is 36.6 Å². The summed E-state index contributed by atoms with van der Waals surface area (Å²) < 4.78 is 12.0. The van der Waals surface area contributed by atoms with E-state index in [0.717, 1.165) is 36.2 Å². The van der Waals surface area contributed by atoms with Crippen molar-refractivity contribution in [3.63, 3.8) is 0 Å². The highest BCUT2D eigenvalue weighted by molar-refractivity contribution is 6.16. The largest absolute Gasteiger partial charge is 0.465 e. The lowest BCUT2D eigenvalue weighted by molar-refractivity contribution is -0.136. The maximum atomic E-state index is 13.6. The summed E-state index contributed by atoms with van der Waals surface area (Å²) in [6.07, 6.45) is 9.39. The van der Waals surface area contributed by atoms with Gasteiger partial charge in [0, 0.05) is 23.6 Å². The molecule has 0 bridgehead atoms. The van der Waals surface area contributed by atoms with E-state index in [9.17, 15) is 14.4 Å². The van der Waals surface area contributed by atoms with Crippen LogP contribution in [0.1, 0.15) is 66.3 Å².